The normalized spacial score (nSPS) is 12.6. The number of rotatable bonds is 5. The number of aryl methyl sites for hydroxylation is 1. The van der Waals surface area contributed by atoms with Crippen LogP contribution in [0.2, 0.25) is 0 Å². The van der Waals surface area contributed by atoms with E-state index in [9.17, 15) is 0 Å². The van der Waals surface area contributed by atoms with Gasteiger partial charge in [-0.1, -0.05) is 31.2 Å². The Labute approximate surface area is 122 Å². The molecule has 0 bridgehead atoms. The second-order valence-electron chi connectivity index (χ2n) is 4.40. The van der Waals surface area contributed by atoms with E-state index in [1.165, 1.54) is 11.1 Å². The summed E-state index contributed by atoms with van der Waals surface area (Å²) in [4.78, 5) is 0. The molecule has 1 aromatic carbocycles. The van der Waals surface area contributed by atoms with Crippen LogP contribution >= 0.6 is 22.6 Å². The lowest BCUT2D eigenvalue weighted by Crippen LogP contribution is -2.17. The minimum Gasteiger partial charge on any atom is -0.454 e. The third-order valence-electron chi connectivity index (χ3n) is 3.10. The van der Waals surface area contributed by atoms with Crippen LogP contribution in [0.5, 0.6) is 0 Å². The zero-order valence-corrected chi connectivity index (χ0v) is 12.9. The fourth-order valence-electron chi connectivity index (χ4n) is 1.86. The van der Waals surface area contributed by atoms with Crippen molar-refractivity contribution in [2.45, 2.75) is 32.9 Å². The van der Waals surface area contributed by atoms with Crippen LogP contribution in [0.25, 0.3) is 0 Å². The predicted octanol–water partition coefficient (Wildman–Crippen LogP) is 4.30. The van der Waals surface area contributed by atoms with Crippen molar-refractivity contribution < 1.29 is 4.42 Å². The van der Waals surface area contributed by atoms with Crippen molar-refractivity contribution in [3.63, 3.8) is 0 Å². The van der Waals surface area contributed by atoms with Gasteiger partial charge in [-0.3, -0.25) is 0 Å². The molecule has 0 radical (unpaired) electrons. The Kier molecular flexibility index (Phi) is 4.83. The first-order chi connectivity index (χ1) is 8.69. The summed E-state index contributed by atoms with van der Waals surface area (Å²) < 4.78 is 6.47. The van der Waals surface area contributed by atoms with Crippen LogP contribution in [0.1, 0.15) is 36.8 Å². The molecular weight excluding hydrogens is 337 g/mol. The van der Waals surface area contributed by atoms with E-state index < -0.39 is 0 Å². The Morgan fingerprint density at radius 2 is 1.89 bits per heavy atom. The molecule has 1 aromatic heterocycles. The Hall–Kier alpha value is -0.810. The monoisotopic (exact) mass is 355 g/mol. The van der Waals surface area contributed by atoms with Crippen LogP contribution < -0.4 is 5.32 Å². The van der Waals surface area contributed by atoms with Gasteiger partial charge < -0.3 is 9.73 Å². The first kappa shape index (κ1) is 13.6. The first-order valence-electron chi connectivity index (χ1n) is 6.25. The van der Waals surface area contributed by atoms with Gasteiger partial charge >= 0.3 is 0 Å². The van der Waals surface area contributed by atoms with Crippen LogP contribution in [0.15, 0.2) is 40.8 Å². The number of hydrogen-bond acceptors (Lipinski definition) is 2. The number of benzene rings is 1. The molecule has 0 aliphatic heterocycles. The second-order valence-corrected chi connectivity index (χ2v) is 5.47. The van der Waals surface area contributed by atoms with E-state index in [4.69, 9.17) is 4.42 Å². The van der Waals surface area contributed by atoms with E-state index in [0.29, 0.717) is 6.04 Å². The fourth-order valence-corrected chi connectivity index (χ4v) is 2.32. The molecule has 0 spiro atoms. The standard InChI is InChI=1S/C15H18INO/c1-3-12-4-6-13(7-5-12)11(2)17-10-14-8-9-15(16)18-14/h4-9,11,17H,3,10H2,1-2H3. The van der Waals surface area contributed by atoms with Gasteiger partial charge in [0, 0.05) is 6.04 Å². The molecule has 2 rings (SSSR count). The fraction of sp³-hybridized carbons (Fsp3) is 0.333. The van der Waals surface area contributed by atoms with Crippen LogP contribution in [0.4, 0.5) is 0 Å². The molecule has 0 amide bonds. The SMILES string of the molecule is CCc1ccc(C(C)NCc2ccc(I)o2)cc1. The zero-order valence-electron chi connectivity index (χ0n) is 10.7. The summed E-state index contributed by atoms with van der Waals surface area (Å²) in [6.07, 6.45) is 1.09. The van der Waals surface area contributed by atoms with Crippen molar-refractivity contribution in [3.8, 4) is 0 Å². The molecule has 0 fully saturated rings. The Bertz CT molecular complexity index is 489. The van der Waals surface area contributed by atoms with Crippen LogP contribution in [-0.2, 0) is 13.0 Å². The minimum atomic E-state index is 0.332. The maximum Gasteiger partial charge on any atom is 0.164 e. The number of hydrogen-bond donors (Lipinski definition) is 1. The molecule has 2 nitrogen and oxygen atoms in total. The van der Waals surface area contributed by atoms with Gasteiger partial charge in [0.1, 0.15) is 5.76 Å². The lowest BCUT2D eigenvalue weighted by molar-refractivity contribution is 0.445. The lowest BCUT2D eigenvalue weighted by Gasteiger charge is -2.13. The molecule has 0 aliphatic carbocycles. The van der Waals surface area contributed by atoms with Gasteiger partial charge in [0.25, 0.3) is 0 Å². The van der Waals surface area contributed by atoms with Crippen molar-refractivity contribution in [3.05, 3.63) is 57.1 Å². The van der Waals surface area contributed by atoms with Crippen molar-refractivity contribution in [1.29, 1.82) is 0 Å². The lowest BCUT2D eigenvalue weighted by atomic mass is 10.1. The first-order valence-corrected chi connectivity index (χ1v) is 7.33. The van der Waals surface area contributed by atoms with E-state index in [1.54, 1.807) is 0 Å². The smallest absolute Gasteiger partial charge is 0.164 e. The van der Waals surface area contributed by atoms with E-state index >= 15 is 0 Å². The Balaban J connectivity index is 1.92. The van der Waals surface area contributed by atoms with Gasteiger partial charge in [0.05, 0.1) is 6.54 Å². The highest BCUT2D eigenvalue weighted by atomic mass is 127. The summed E-state index contributed by atoms with van der Waals surface area (Å²) in [5, 5.41) is 3.47. The van der Waals surface area contributed by atoms with Crippen molar-refractivity contribution in [2.24, 2.45) is 0 Å². The summed E-state index contributed by atoms with van der Waals surface area (Å²) in [7, 11) is 0. The molecule has 3 heteroatoms. The van der Waals surface area contributed by atoms with Gasteiger partial charge in [-0.2, -0.15) is 0 Å². The van der Waals surface area contributed by atoms with Crippen molar-refractivity contribution >= 4 is 22.6 Å². The predicted molar refractivity (Wildman–Crippen MR) is 82.5 cm³/mol. The molecule has 1 N–H and O–H groups in total. The highest BCUT2D eigenvalue weighted by Crippen LogP contribution is 2.15. The summed E-state index contributed by atoms with van der Waals surface area (Å²) in [6.45, 7) is 5.11. The van der Waals surface area contributed by atoms with Crippen LogP contribution in [0.3, 0.4) is 0 Å². The van der Waals surface area contributed by atoms with Gasteiger partial charge in [-0.05, 0) is 59.2 Å². The van der Waals surface area contributed by atoms with Gasteiger partial charge in [-0.25, -0.2) is 0 Å². The summed E-state index contributed by atoms with van der Waals surface area (Å²) in [5.41, 5.74) is 2.69. The third kappa shape index (κ3) is 3.59. The summed E-state index contributed by atoms with van der Waals surface area (Å²) in [5.74, 6) is 0.983. The average molecular weight is 355 g/mol. The van der Waals surface area contributed by atoms with Crippen molar-refractivity contribution in [2.75, 3.05) is 0 Å². The average Bonchev–Trinajstić information content (AvgIpc) is 2.82. The van der Waals surface area contributed by atoms with E-state index in [1.807, 2.05) is 12.1 Å². The molecule has 18 heavy (non-hydrogen) atoms. The molecule has 96 valence electrons. The zero-order chi connectivity index (χ0) is 13.0. The maximum atomic E-state index is 5.53. The highest BCUT2D eigenvalue weighted by Gasteiger charge is 2.06. The Morgan fingerprint density at radius 3 is 2.44 bits per heavy atom. The number of furan rings is 1. The van der Waals surface area contributed by atoms with Crippen LogP contribution in [0, 0.1) is 3.77 Å². The van der Waals surface area contributed by atoms with E-state index in [2.05, 4.69) is 66.0 Å². The summed E-state index contributed by atoms with van der Waals surface area (Å²) in [6, 6.07) is 13.1. The van der Waals surface area contributed by atoms with Gasteiger partial charge in [0.2, 0.25) is 0 Å². The highest BCUT2D eigenvalue weighted by molar-refractivity contribution is 14.1. The van der Waals surface area contributed by atoms with Crippen LogP contribution in [-0.4, -0.2) is 0 Å². The third-order valence-corrected chi connectivity index (χ3v) is 3.68. The van der Waals surface area contributed by atoms with Gasteiger partial charge in [-0.15, -0.1) is 0 Å². The van der Waals surface area contributed by atoms with Crippen molar-refractivity contribution in [1.82, 2.24) is 5.32 Å². The quantitative estimate of drug-likeness (QED) is 0.810. The second kappa shape index (κ2) is 6.38. The largest absolute Gasteiger partial charge is 0.454 e. The molecule has 0 saturated heterocycles. The molecular formula is C15H18INO. The molecule has 1 unspecified atom stereocenters. The molecule has 1 atom stereocenters. The van der Waals surface area contributed by atoms with E-state index in [-0.39, 0.29) is 0 Å². The van der Waals surface area contributed by atoms with Gasteiger partial charge in [0.15, 0.2) is 3.77 Å². The number of nitrogens with one attached hydrogen (secondary N) is 1. The molecule has 2 aromatic rings. The number of halogens is 1. The maximum absolute atomic E-state index is 5.53. The molecule has 0 aliphatic rings. The molecule has 1 heterocycles. The molecule has 0 saturated carbocycles. The van der Waals surface area contributed by atoms with E-state index in [0.717, 1.165) is 22.5 Å². The topological polar surface area (TPSA) is 25.2 Å². The summed E-state index contributed by atoms with van der Waals surface area (Å²) >= 11 is 2.18. The minimum absolute atomic E-state index is 0.332. The Morgan fingerprint density at radius 1 is 1.17 bits per heavy atom.